The van der Waals surface area contributed by atoms with E-state index in [0.717, 1.165) is 0 Å². The van der Waals surface area contributed by atoms with Crippen molar-refractivity contribution < 1.29 is 14.6 Å². The van der Waals surface area contributed by atoms with Gasteiger partial charge < -0.3 is 15.2 Å². The molecule has 1 aromatic carbocycles. The van der Waals surface area contributed by atoms with E-state index in [1.807, 2.05) is 6.92 Å². The minimum absolute atomic E-state index is 0.157. The first-order chi connectivity index (χ1) is 9.74. The van der Waals surface area contributed by atoms with Crippen LogP contribution in [0.1, 0.15) is 22.8 Å². The lowest BCUT2D eigenvalue weighted by Crippen LogP contribution is -2.12. The fourth-order valence-electron chi connectivity index (χ4n) is 1.71. The molecule has 2 rings (SSSR count). The van der Waals surface area contributed by atoms with Gasteiger partial charge in [0.2, 0.25) is 0 Å². The molecule has 6 nitrogen and oxygen atoms in total. The van der Waals surface area contributed by atoms with E-state index in [9.17, 15) is 9.90 Å². The molecule has 0 spiro atoms. The first-order valence-electron chi connectivity index (χ1n) is 6.19. The predicted octanol–water partition coefficient (Wildman–Crippen LogP) is 1.62. The molecule has 20 heavy (non-hydrogen) atoms. The minimum atomic E-state index is -0.284. The molecule has 0 fully saturated rings. The molecular formula is C14H15N3O3. The largest absolute Gasteiger partial charge is 0.494 e. The molecule has 1 aromatic heterocycles. The van der Waals surface area contributed by atoms with Crippen LogP contribution in [0, 0.1) is 0 Å². The van der Waals surface area contributed by atoms with E-state index in [1.54, 1.807) is 24.3 Å². The normalized spacial score (nSPS) is 10.1. The second-order valence-corrected chi connectivity index (χ2v) is 4.00. The molecule has 0 bridgehead atoms. The number of aromatic nitrogens is 2. The number of nitrogens with zero attached hydrogens (tertiary/aromatic N) is 2. The molecular weight excluding hydrogens is 258 g/mol. The van der Waals surface area contributed by atoms with E-state index in [4.69, 9.17) is 4.74 Å². The van der Waals surface area contributed by atoms with Gasteiger partial charge >= 0.3 is 0 Å². The van der Waals surface area contributed by atoms with Crippen molar-refractivity contribution in [3.63, 3.8) is 0 Å². The van der Waals surface area contributed by atoms with Gasteiger partial charge in [-0.2, -0.15) is 10.2 Å². The van der Waals surface area contributed by atoms with Crippen molar-refractivity contribution in [2.24, 2.45) is 0 Å². The van der Waals surface area contributed by atoms with Crippen LogP contribution in [0.3, 0.4) is 0 Å². The molecule has 0 radical (unpaired) electrons. The van der Waals surface area contributed by atoms with Crippen molar-refractivity contribution in [3.05, 3.63) is 47.8 Å². The Balaban J connectivity index is 2.16. The Hall–Kier alpha value is -2.47. The number of rotatable bonds is 5. The zero-order valence-corrected chi connectivity index (χ0v) is 11.0. The van der Waals surface area contributed by atoms with E-state index in [1.165, 1.54) is 12.4 Å². The Bertz CT molecular complexity index is 587. The third-order valence-corrected chi connectivity index (χ3v) is 2.63. The number of carbonyl (C=O) groups excluding carboxylic acids is 1. The fourth-order valence-corrected chi connectivity index (χ4v) is 1.71. The number of aliphatic hydroxyl groups is 1. The van der Waals surface area contributed by atoms with Crippen LogP contribution in [0.5, 0.6) is 5.75 Å². The Morgan fingerprint density at radius 2 is 2.20 bits per heavy atom. The molecule has 0 atom stereocenters. The standard InChI is InChI=1S/C14H15N3O3/c1-2-20-13-4-3-12(7-11(13)9-18)17-14(19)10-5-6-15-16-8-10/h3-8,18H,2,9H2,1H3,(H,17,19). The highest BCUT2D eigenvalue weighted by Gasteiger charge is 2.09. The maximum Gasteiger partial charge on any atom is 0.257 e. The van der Waals surface area contributed by atoms with Crippen molar-refractivity contribution >= 4 is 11.6 Å². The monoisotopic (exact) mass is 273 g/mol. The van der Waals surface area contributed by atoms with Crippen molar-refractivity contribution in [1.82, 2.24) is 10.2 Å². The third kappa shape index (κ3) is 3.30. The number of amides is 1. The highest BCUT2D eigenvalue weighted by Crippen LogP contribution is 2.23. The number of benzene rings is 1. The number of nitrogens with one attached hydrogen (secondary N) is 1. The van der Waals surface area contributed by atoms with Crippen LogP contribution in [-0.2, 0) is 6.61 Å². The summed E-state index contributed by atoms with van der Waals surface area (Å²) in [7, 11) is 0. The average molecular weight is 273 g/mol. The Morgan fingerprint density at radius 3 is 2.85 bits per heavy atom. The number of hydrogen-bond acceptors (Lipinski definition) is 5. The van der Waals surface area contributed by atoms with E-state index < -0.39 is 0 Å². The van der Waals surface area contributed by atoms with Gasteiger partial charge in [0.1, 0.15) is 5.75 Å². The summed E-state index contributed by atoms with van der Waals surface area (Å²) in [6, 6.07) is 6.69. The summed E-state index contributed by atoms with van der Waals surface area (Å²) >= 11 is 0. The summed E-state index contributed by atoms with van der Waals surface area (Å²) in [5.74, 6) is 0.325. The lowest BCUT2D eigenvalue weighted by Gasteiger charge is -2.11. The van der Waals surface area contributed by atoms with E-state index in [-0.39, 0.29) is 12.5 Å². The quantitative estimate of drug-likeness (QED) is 0.864. The number of hydrogen-bond donors (Lipinski definition) is 2. The van der Waals surface area contributed by atoms with Crippen molar-refractivity contribution in [1.29, 1.82) is 0 Å². The van der Waals surface area contributed by atoms with Crippen molar-refractivity contribution in [3.8, 4) is 5.75 Å². The van der Waals surface area contributed by atoms with Gasteiger partial charge in [0.05, 0.1) is 31.2 Å². The van der Waals surface area contributed by atoms with Gasteiger partial charge in [-0.3, -0.25) is 4.79 Å². The van der Waals surface area contributed by atoms with Crippen LogP contribution in [-0.4, -0.2) is 27.8 Å². The smallest absolute Gasteiger partial charge is 0.257 e. The maximum absolute atomic E-state index is 12.0. The fraction of sp³-hybridized carbons (Fsp3) is 0.214. The number of ether oxygens (including phenoxy) is 1. The first-order valence-corrected chi connectivity index (χ1v) is 6.19. The van der Waals surface area contributed by atoms with Crippen molar-refractivity contribution in [2.75, 3.05) is 11.9 Å². The number of anilines is 1. The Kier molecular flexibility index (Phi) is 4.62. The summed E-state index contributed by atoms with van der Waals surface area (Å²) in [6.07, 6.45) is 2.84. The molecule has 0 aliphatic heterocycles. The van der Waals surface area contributed by atoms with Gasteiger partial charge in [0.25, 0.3) is 5.91 Å². The molecule has 104 valence electrons. The lowest BCUT2D eigenvalue weighted by molar-refractivity contribution is 0.102. The second-order valence-electron chi connectivity index (χ2n) is 4.00. The average Bonchev–Trinajstić information content (AvgIpc) is 2.50. The SMILES string of the molecule is CCOc1ccc(NC(=O)c2ccnnc2)cc1CO. The molecule has 2 aromatic rings. The van der Waals surface area contributed by atoms with Gasteiger partial charge in [-0.25, -0.2) is 0 Å². The summed E-state index contributed by atoms with van der Waals surface area (Å²) in [4.78, 5) is 12.0. The molecule has 2 N–H and O–H groups in total. The zero-order valence-electron chi connectivity index (χ0n) is 11.0. The predicted molar refractivity (Wildman–Crippen MR) is 73.5 cm³/mol. The van der Waals surface area contributed by atoms with Gasteiger partial charge in [-0.05, 0) is 31.2 Å². The topological polar surface area (TPSA) is 84.3 Å². The van der Waals surface area contributed by atoms with E-state index in [0.29, 0.717) is 29.2 Å². The molecule has 6 heteroatoms. The molecule has 1 heterocycles. The molecule has 0 aliphatic rings. The van der Waals surface area contributed by atoms with Gasteiger partial charge in [0.15, 0.2) is 0 Å². The van der Waals surface area contributed by atoms with Crippen LogP contribution >= 0.6 is 0 Å². The van der Waals surface area contributed by atoms with Gasteiger partial charge in [-0.15, -0.1) is 0 Å². The minimum Gasteiger partial charge on any atom is -0.494 e. The van der Waals surface area contributed by atoms with Gasteiger partial charge in [0, 0.05) is 11.3 Å². The van der Waals surface area contributed by atoms with E-state index in [2.05, 4.69) is 15.5 Å². The molecule has 1 amide bonds. The third-order valence-electron chi connectivity index (χ3n) is 2.63. The number of aliphatic hydroxyl groups excluding tert-OH is 1. The summed E-state index contributed by atoms with van der Waals surface area (Å²) in [5, 5.41) is 19.3. The molecule has 0 saturated heterocycles. The summed E-state index contributed by atoms with van der Waals surface area (Å²) < 4.78 is 5.38. The molecule has 0 aliphatic carbocycles. The van der Waals surface area contributed by atoms with Crippen LogP contribution in [0.15, 0.2) is 36.7 Å². The summed E-state index contributed by atoms with van der Waals surface area (Å²) in [6.45, 7) is 2.23. The maximum atomic E-state index is 12.0. The molecule has 0 saturated carbocycles. The van der Waals surface area contributed by atoms with Gasteiger partial charge in [-0.1, -0.05) is 0 Å². The van der Waals surface area contributed by atoms with Crippen LogP contribution in [0.4, 0.5) is 5.69 Å². The van der Waals surface area contributed by atoms with Crippen molar-refractivity contribution in [2.45, 2.75) is 13.5 Å². The van der Waals surface area contributed by atoms with Crippen LogP contribution in [0.2, 0.25) is 0 Å². The zero-order chi connectivity index (χ0) is 14.4. The first kappa shape index (κ1) is 14.0. The summed E-state index contributed by atoms with van der Waals surface area (Å²) in [5.41, 5.74) is 1.62. The van der Waals surface area contributed by atoms with E-state index >= 15 is 0 Å². The lowest BCUT2D eigenvalue weighted by atomic mass is 10.1. The number of carbonyl (C=O) groups is 1. The second kappa shape index (κ2) is 6.63. The highest BCUT2D eigenvalue weighted by atomic mass is 16.5. The Labute approximate surface area is 116 Å². The van der Waals surface area contributed by atoms with Crippen LogP contribution in [0.25, 0.3) is 0 Å². The Morgan fingerprint density at radius 1 is 1.35 bits per heavy atom. The van der Waals surface area contributed by atoms with Crippen LogP contribution < -0.4 is 10.1 Å². The highest BCUT2D eigenvalue weighted by molar-refractivity contribution is 6.04. The molecule has 0 unspecified atom stereocenters.